The highest BCUT2D eigenvalue weighted by atomic mass is 79.9. The van der Waals surface area contributed by atoms with E-state index in [1.165, 1.54) is 6.20 Å². The molecule has 7 nitrogen and oxygen atoms in total. The summed E-state index contributed by atoms with van der Waals surface area (Å²) in [5, 5.41) is 18.7. The Hall–Kier alpha value is -1.64. The largest absolute Gasteiger partial charge is 0.480 e. The fraction of sp³-hybridized carbons (Fsp3) is 0.0909. The number of benzene rings is 1. The predicted molar refractivity (Wildman–Crippen MR) is 79.8 cm³/mol. The van der Waals surface area contributed by atoms with Crippen molar-refractivity contribution in [2.75, 3.05) is 5.32 Å². The molecule has 0 aliphatic rings. The van der Waals surface area contributed by atoms with E-state index in [4.69, 9.17) is 28.3 Å². The van der Waals surface area contributed by atoms with Crippen LogP contribution in [0, 0.1) is 0 Å². The van der Waals surface area contributed by atoms with Gasteiger partial charge in [0.1, 0.15) is 6.54 Å². The molecule has 0 fully saturated rings. The summed E-state index contributed by atoms with van der Waals surface area (Å²) >= 11 is 15.2. The normalized spacial score (nSPS) is 10.4. The lowest BCUT2D eigenvalue weighted by Crippen LogP contribution is -2.13. The zero-order valence-corrected chi connectivity index (χ0v) is 13.3. The average molecular weight is 394 g/mol. The molecular weight excluding hydrogens is 387 g/mol. The molecule has 110 valence electrons. The standard InChI is InChI=1S/C11H7BrCl2N4O3/c12-5-1-2-6(10(14)9(5)13)15-11(21)7-3-18(17-16-7)4-8(19)20/h1-3H,4H2,(H,15,21)(H,19,20). The quantitative estimate of drug-likeness (QED) is 0.778. The lowest BCUT2D eigenvalue weighted by Gasteiger charge is -2.07. The first-order valence-electron chi connectivity index (χ1n) is 5.45. The number of aromatic nitrogens is 3. The number of carboxylic acid groups (broad SMARTS) is 1. The van der Waals surface area contributed by atoms with E-state index in [-0.39, 0.29) is 22.3 Å². The molecule has 0 saturated carbocycles. The van der Waals surface area contributed by atoms with Gasteiger partial charge in [0.05, 0.1) is 21.9 Å². The van der Waals surface area contributed by atoms with Crippen LogP contribution in [0.1, 0.15) is 10.5 Å². The highest BCUT2D eigenvalue weighted by Gasteiger charge is 2.15. The molecule has 1 amide bonds. The summed E-state index contributed by atoms with van der Waals surface area (Å²) in [6.45, 7) is -0.384. The lowest BCUT2D eigenvalue weighted by molar-refractivity contribution is -0.137. The number of anilines is 1. The molecule has 1 heterocycles. The van der Waals surface area contributed by atoms with Crippen molar-refractivity contribution >= 4 is 56.7 Å². The van der Waals surface area contributed by atoms with Crippen molar-refractivity contribution in [3.8, 4) is 0 Å². The fourth-order valence-electron chi connectivity index (χ4n) is 1.43. The van der Waals surface area contributed by atoms with Crippen LogP contribution in [0.3, 0.4) is 0 Å². The van der Waals surface area contributed by atoms with E-state index >= 15 is 0 Å². The molecule has 21 heavy (non-hydrogen) atoms. The van der Waals surface area contributed by atoms with E-state index in [1.54, 1.807) is 12.1 Å². The molecule has 0 spiro atoms. The summed E-state index contributed by atoms with van der Waals surface area (Å²) in [4.78, 5) is 22.5. The van der Waals surface area contributed by atoms with Crippen molar-refractivity contribution in [1.29, 1.82) is 0 Å². The molecule has 0 bridgehead atoms. The summed E-state index contributed by atoms with van der Waals surface area (Å²) < 4.78 is 1.63. The SMILES string of the molecule is O=C(O)Cn1cc(C(=O)Nc2ccc(Br)c(Cl)c2Cl)nn1. The van der Waals surface area contributed by atoms with Crippen LogP contribution in [-0.4, -0.2) is 32.0 Å². The first-order valence-corrected chi connectivity index (χ1v) is 7.00. The predicted octanol–water partition coefficient (Wildman–Crippen LogP) is 2.68. The van der Waals surface area contributed by atoms with Crippen molar-refractivity contribution in [2.24, 2.45) is 0 Å². The number of hydrogen-bond acceptors (Lipinski definition) is 4. The van der Waals surface area contributed by atoms with Gasteiger partial charge < -0.3 is 10.4 Å². The monoisotopic (exact) mass is 392 g/mol. The maximum absolute atomic E-state index is 12.0. The second kappa shape index (κ2) is 6.42. The summed E-state index contributed by atoms with van der Waals surface area (Å²) in [5.41, 5.74) is 0.272. The minimum atomic E-state index is -1.09. The number of carbonyl (C=O) groups is 2. The Bertz CT molecular complexity index is 719. The third kappa shape index (κ3) is 3.72. The van der Waals surface area contributed by atoms with Gasteiger partial charge >= 0.3 is 5.97 Å². The van der Waals surface area contributed by atoms with Gasteiger partial charge in [-0.05, 0) is 28.1 Å². The highest BCUT2D eigenvalue weighted by Crippen LogP contribution is 2.35. The van der Waals surface area contributed by atoms with Gasteiger partial charge in [0.15, 0.2) is 5.69 Å². The molecule has 0 radical (unpaired) electrons. The van der Waals surface area contributed by atoms with Crippen LogP contribution in [-0.2, 0) is 11.3 Å². The van der Waals surface area contributed by atoms with Crippen LogP contribution in [0.15, 0.2) is 22.8 Å². The third-order valence-corrected chi connectivity index (χ3v) is 4.12. The number of halogens is 3. The molecule has 1 aromatic heterocycles. The van der Waals surface area contributed by atoms with Gasteiger partial charge in [-0.3, -0.25) is 9.59 Å². The summed E-state index contributed by atoms with van der Waals surface area (Å²) in [5.74, 6) is -1.67. The lowest BCUT2D eigenvalue weighted by atomic mass is 10.3. The van der Waals surface area contributed by atoms with Crippen LogP contribution >= 0.6 is 39.1 Å². The van der Waals surface area contributed by atoms with Gasteiger partial charge in [0.2, 0.25) is 0 Å². The van der Waals surface area contributed by atoms with E-state index in [1.807, 2.05) is 0 Å². The van der Waals surface area contributed by atoms with Crippen molar-refractivity contribution in [1.82, 2.24) is 15.0 Å². The van der Waals surface area contributed by atoms with Crippen LogP contribution in [0.4, 0.5) is 5.69 Å². The van der Waals surface area contributed by atoms with Gasteiger partial charge in [0, 0.05) is 4.47 Å². The molecule has 2 N–H and O–H groups in total. The molecule has 1 aromatic carbocycles. The zero-order chi connectivity index (χ0) is 15.6. The Kier molecular flexibility index (Phi) is 4.81. The Morgan fingerprint density at radius 2 is 2.05 bits per heavy atom. The summed E-state index contributed by atoms with van der Waals surface area (Å²) in [6, 6.07) is 3.20. The Balaban J connectivity index is 2.16. The van der Waals surface area contributed by atoms with Gasteiger partial charge in [0.25, 0.3) is 5.91 Å². The van der Waals surface area contributed by atoms with Crippen LogP contribution in [0.25, 0.3) is 0 Å². The summed E-state index contributed by atoms with van der Waals surface area (Å²) in [6.07, 6.45) is 1.22. The minimum Gasteiger partial charge on any atom is -0.480 e. The molecular formula is C11H7BrCl2N4O3. The number of hydrogen-bond donors (Lipinski definition) is 2. The second-order valence-electron chi connectivity index (χ2n) is 3.87. The average Bonchev–Trinajstić information content (AvgIpc) is 2.87. The zero-order valence-electron chi connectivity index (χ0n) is 10.2. The molecule has 2 rings (SSSR count). The van der Waals surface area contributed by atoms with Crippen LogP contribution in [0.5, 0.6) is 0 Å². The van der Waals surface area contributed by atoms with E-state index in [0.717, 1.165) is 4.68 Å². The number of nitrogens with zero attached hydrogens (tertiary/aromatic N) is 3. The summed E-state index contributed by atoms with van der Waals surface area (Å²) in [7, 11) is 0. The molecule has 0 atom stereocenters. The van der Waals surface area contributed by atoms with Crippen LogP contribution in [0.2, 0.25) is 10.0 Å². The smallest absolute Gasteiger partial charge is 0.325 e. The molecule has 0 aliphatic heterocycles. The molecule has 0 saturated heterocycles. The van der Waals surface area contributed by atoms with E-state index in [2.05, 4.69) is 31.6 Å². The number of aliphatic carboxylic acids is 1. The second-order valence-corrected chi connectivity index (χ2v) is 5.48. The third-order valence-electron chi connectivity index (χ3n) is 2.35. The van der Waals surface area contributed by atoms with Crippen LogP contribution < -0.4 is 5.32 Å². The Labute approximate surface area is 137 Å². The molecule has 0 aliphatic carbocycles. The number of nitrogens with one attached hydrogen (secondary N) is 1. The highest BCUT2D eigenvalue weighted by molar-refractivity contribution is 9.10. The Morgan fingerprint density at radius 3 is 2.71 bits per heavy atom. The number of rotatable bonds is 4. The number of carbonyl (C=O) groups excluding carboxylic acids is 1. The number of amides is 1. The number of carboxylic acids is 1. The maximum atomic E-state index is 12.0. The van der Waals surface area contributed by atoms with Crippen molar-refractivity contribution in [2.45, 2.75) is 6.54 Å². The maximum Gasteiger partial charge on any atom is 0.325 e. The Morgan fingerprint density at radius 1 is 1.33 bits per heavy atom. The van der Waals surface area contributed by atoms with Crippen molar-refractivity contribution in [3.63, 3.8) is 0 Å². The van der Waals surface area contributed by atoms with E-state index in [9.17, 15) is 9.59 Å². The van der Waals surface area contributed by atoms with Crippen molar-refractivity contribution in [3.05, 3.63) is 38.5 Å². The van der Waals surface area contributed by atoms with Crippen molar-refractivity contribution < 1.29 is 14.7 Å². The van der Waals surface area contributed by atoms with E-state index < -0.39 is 11.9 Å². The topological polar surface area (TPSA) is 97.1 Å². The molecule has 0 unspecified atom stereocenters. The fourth-order valence-corrected chi connectivity index (χ4v) is 2.25. The first kappa shape index (κ1) is 15.7. The minimum absolute atomic E-state index is 0.0358. The van der Waals surface area contributed by atoms with Gasteiger partial charge in [-0.1, -0.05) is 28.4 Å². The van der Waals surface area contributed by atoms with Gasteiger partial charge in [-0.25, -0.2) is 4.68 Å². The van der Waals surface area contributed by atoms with E-state index in [0.29, 0.717) is 10.2 Å². The molecule has 10 heteroatoms. The first-order chi connectivity index (χ1) is 9.88. The van der Waals surface area contributed by atoms with Gasteiger partial charge in [-0.15, -0.1) is 5.10 Å². The molecule has 2 aromatic rings. The van der Waals surface area contributed by atoms with Gasteiger partial charge in [-0.2, -0.15) is 0 Å².